The fraction of sp³-hybridized carbons (Fsp3) is 0.400. The summed E-state index contributed by atoms with van der Waals surface area (Å²) in [5, 5.41) is 6.65. The van der Waals surface area contributed by atoms with Crippen LogP contribution in [0.3, 0.4) is 0 Å². The van der Waals surface area contributed by atoms with Crippen molar-refractivity contribution in [2.75, 3.05) is 7.05 Å². The van der Waals surface area contributed by atoms with Crippen LogP contribution < -0.4 is 5.32 Å². The molecule has 0 bridgehead atoms. The first-order valence-corrected chi connectivity index (χ1v) is 8.08. The van der Waals surface area contributed by atoms with E-state index in [1.165, 1.54) is 16.8 Å². The Bertz CT molecular complexity index is 563. The summed E-state index contributed by atoms with van der Waals surface area (Å²) in [6.07, 6.45) is 0. The largest absolute Gasteiger partial charge is 0.307 e. The molecule has 1 heterocycles. The Kier molecular flexibility index (Phi) is 4.76. The number of rotatable bonds is 4. The molecular formula is C15H19BrN2S. The molecule has 0 spiro atoms. The lowest BCUT2D eigenvalue weighted by Gasteiger charge is -2.16. The summed E-state index contributed by atoms with van der Waals surface area (Å²) in [6, 6.07) is 6.60. The number of aromatic nitrogens is 1. The van der Waals surface area contributed by atoms with E-state index in [-0.39, 0.29) is 6.04 Å². The van der Waals surface area contributed by atoms with E-state index in [1.807, 2.05) is 7.05 Å². The minimum atomic E-state index is 0.146. The number of nitrogens with one attached hydrogen (secondary N) is 1. The average molecular weight is 339 g/mol. The highest BCUT2D eigenvalue weighted by Gasteiger charge is 2.19. The molecule has 1 atom stereocenters. The standard InChI is InChI=1S/C15H19BrN2S/c1-9(2)13-8-19-15(18-13)14(17-4)11-6-5-10(3)7-12(11)16/h5-9,14,17H,1-4H3. The molecule has 19 heavy (non-hydrogen) atoms. The molecule has 102 valence electrons. The van der Waals surface area contributed by atoms with Gasteiger partial charge >= 0.3 is 0 Å². The predicted molar refractivity (Wildman–Crippen MR) is 86.0 cm³/mol. The fourth-order valence-electron chi connectivity index (χ4n) is 1.98. The van der Waals surface area contributed by atoms with Crippen molar-refractivity contribution in [1.82, 2.24) is 10.3 Å². The lowest BCUT2D eigenvalue weighted by Crippen LogP contribution is -2.18. The van der Waals surface area contributed by atoms with E-state index in [4.69, 9.17) is 4.98 Å². The van der Waals surface area contributed by atoms with E-state index in [2.05, 4.69) is 65.6 Å². The normalized spacial score (nSPS) is 12.9. The minimum absolute atomic E-state index is 0.146. The molecule has 1 aromatic heterocycles. The molecule has 2 nitrogen and oxygen atoms in total. The van der Waals surface area contributed by atoms with Crippen LogP contribution in [0.5, 0.6) is 0 Å². The summed E-state index contributed by atoms with van der Waals surface area (Å²) in [5.74, 6) is 0.476. The maximum atomic E-state index is 4.76. The van der Waals surface area contributed by atoms with E-state index in [0.29, 0.717) is 5.92 Å². The van der Waals surface area contributed by atoms with Crippen molar-refractivity contribution in [1.29, 1.82) is 0 Å². The van der Waals surface area contributed by atoms with Crippen molar-refractivity contribution >= 4 is 27.3 Å². The Morgan fingerprint density at radius 1 is 1.32 bits per heavy atom. The number of thiazole rings is 1. The SMILES string of the molecule is CNC(c1nc(C(C)C)cs1)c1ccc(C)cc1Br. The Labute approximate surface area is 127 Å². The highest BCUT2D eigenvalue weighted by Crippen LogP contribution is 2.31. The zero-order valence-electron chi connectivity index (χ0n) is 11.7. The Morgan fingerprint density at radius 3 is 2.58 bits per heavy atom. The molecule has 1 aromatic carbocycles. The number of aryl methyl sites for hydroxylation is 1. The topological polar surface area (TPSA) is 24.9 Å². The lowest BCUT2D eigenvalue weighted by molar-refractivity contribution is 0.676. The molecule has 2 aromatic rings. The molecule has 1 N–H and O–H groups in total. The second-order valence-electron chi connectivity index (χ2n) is 5.01. The molecule has 0 saturated carbocycles. The monoisotopic (exact) mass is 338 g/mol. The first-order chi connectivity index (χ1) is 9.02. The minimum Gasteiger partial charge on any atom is -0.307 e. The molecule has 0 aliphatic rings. The lowest BCUT2D eigenvalue weighted by atomic mass is 10.1. The van der Waals surface area contributed by atoms with Gasteiger partial charge in [0.15, 0.2) is 0 Å². The molecule has 0 radical (unpaired) electrons. The van der Waals surface area contributed by atoms with Gasteiger partial charge in [-0.15, -0.1) is 11.3 Å². The van der Waals surface area contributed by atoms with Gasteiger partial charge in [0.2, 0.25) is 0 Å². The maximum absolute atomic E-state index is 4.76. The molecular weight excluding hydrogens is 320 g/mol. The Hall–Kier alpha value is -0.710. The first kappa shape index (κ1) is 14.7. The van der Waals surface area contributed by atoms with Crippen LogP contribution >= 0.6 is 27.3 Å². The first-order valence-electron chi connectivity index (χ1n) is 6.41. The molecule has 0 aliphatic heterocycles. The second kappa shape index (κ2) is 6.16. The van der Waals surface area contributed by atoms with Crippen molar-refractivity contribution in [3.05, 3.63) is 49.9 Å². The van der Waals surface area contributed by atoms with Crippen LogP contribution in [0.4, 0.5) is 0 Å². The molecule has 0 amide bonds. The molecule has 2 rings (SSSR count). The summed E-state index contributed by atoms with van der Waals surface area (Å²) in [6.45, 7) is 6.45. The summed E-state index contributed by atoms with van der Waals surface area (Å²) in [5.41, 5.74) is 3.66. The van der Waals surface area contributed by atoms with Gasteiger partial charge < -0.3 is 5.32 Å². The van der Waals surface area contributed by atoms with Crippen molar-refractivity contribution < 1.29 is 0 Å². The van der Waals surface area contributed by atoms with Crippen molar-refractivity contribution in [3.63, 3.8) is 0 Å². The van der Waals surface area contributed by atoms with Gasteiger partial charge in [0.1, 0.15) is 5.01 Å². The predicted octanol–water partition coefficient (Wildman–Crippen LogP) is 4.65. The highest BCUT2D eigenvalue weighted by molar-refractivity contribution is 9.10. The van der Waals surface area contributed by atoms with Crippen LogP contribution in [0.25, 0.3) is 0 Å². The van der Waals surface area contributed by atoms with Crippen LogP contribution in [0, 0.1) is 6.92 Å². The highest BCUT2D eigenvalue weighted by atomic mass is 79.9. The van der Waals surface area contributed by atoms with Crippen LogP contribution in [0.15, 0.2) is 28.1 Å². The van der Waals surface area contributed by atoms with Gasteiger partial charge in [0.05, 0.1) is 11.7 Å². The zero-order valence-corrected chi connectivity index (χ0v) is 14.1. The van der Waals surface area contributed by atoms with Gasteiger partial charge in [-0.2, -0.15) is 0 Å². The summed E-state index contributed by atoms with van der Waals surface area (Å²) in [4.78, 5) is 4.76. The van der Waals surface area contributed by atoms with Crippen LogP contribution in [0.1, 0.15) is 47.6 Å². The molecule has 0 aliphatic carbocycles. The number of hydrogen-bond acceptors (Lipinski definition) is 3. The second-order valence-corrected chi connectivity index (χ2v) is 6.76. The average Bonchev–Trinajstić information content (AvgIpc) is 2.82. The van der Waals surface area contributed by atoms with Crippen molar-refractivity contribution in [2.24, 2.45) is 0 Å². The maximum Gasteiger partial charge on any atom is 0.114 e. The van der Waals surface area contributed by atoms with E-state index < -0.39 is 0 Å². The third-order valence-corrected chi connectivity index (χ3v) is 4.75. The fourth-order valence-corrected chi connectivity index (χ4v) is 3.80. The van der Waals surface area contributed by atoms with Gasteiger partial charge in [0.25, 0.3) is 0 Å². The number of halogens is 1. The van der Waals surface area contributed by atoms with Crippen molar-refractivity contribution in [2.45, 2.75) is 32.7 Å². The van der Waals surface area contributed by atoms with Gasteiger partial charge in [0, 0.05) is 9.85 Å². The van der Waals surface area contributed by atoms with Gasteiger partial charge in [-0.25, -0.2) is 4.98 Å². The molecule has 4 heteroatoms. The smallest absolute Gasteiger partial charge is 0.114 e. The molecule has 0 fully saturated rings. The van der Waals surface area contributed by atoms with E-state index >= 15 is 0 Å². The quantitative estimate of drug-likeness (QED) is 0.877. The zero-order chi connectivity index (χ0) is 14.0. The molecule has 1 unspecified atom stereocenters. The summed E-state index contributed by atoms with van der Waals surface area (Å²) >= 11 is 5.38. The molecule has 0 saturated heterocycles. The summed E-state index contributed by atoms with van der Waals surface area (Å²) < 4.78 is 1.13. The van der Waals surface area contributed by atoms with E-state index in [9.17, 15) is 0 Å². The summed E-state index contributed by atoms with van der Waals surface area (Å²) in [7, 11) is 1.98. The van der Waals surface area contributed by atoms with Gasteiger partial charge in [-0.1, -0.05) is 41.9 Å². The van der Waals surface area contributed by atoms with Gasteiger partial charge in [-0.05, 0) is 37.1 Å². The van der Waals surface area contributed by atoms with Crippen LogP contribution in [0.2, 0.25) is 0 Å². The third-order valence-electron chi connectivity index (χ3n) is 3.13. The Balaban J connectivity index is 2.38. The van der Waals surface area contributed by atoms with Crippen molar-refractivity contribution in [3.8, 4) is 0 Å². The van der Waals surface area contributed by atoms with E-state index in [1.54, 1.807) is 11.3 Å². The number of nitrogens with zero attached hydrogens (tertiary/aromatic N) is 1. The Morgan fingerprint density at radius 2 is 2.05 bits per heavy atom. The van der Waals surface area contributed by atoms with Crippen LogP contribution in [-0.2, 0) is 0 Å². The van der Waals surface area contributed by atoms with Gasteiger partial charge in [-0.3, -0.25) is 0 Å². The van der Waals surface area contributed by atoms with E-state index in [0.717, 1.165) is 9.48 Å². The number of hydrogen-bond donors (Lipinski definition) is 1. The third kappa shape index (κ3) is 3.25. The number of benzene rings is 1. The van der Waals surface area contributed by atoms with Crippen LogP contribution in [-0.4, -0.2) is 12.0 Å².